The average Bonchev–Trinajstić information content (AvgIpc) is 3.35. The van der Waals surface area contributed by atoms with Crippen LogP contribution in [0, 0.1) is 0 Å². The molecule has 0 spiro atoms. The Kier molecular flexibility index (Phi) is 8.92. The van der Waals surface area contributed by atoms with Gasteiger partial charge in [0.25, 0.3) is 0 Å². The molecule has 1 unspecified atom stereocenters. The number of para-hydroxylation sites is 1. The molecule has 3 heterocycles. The number of thiophene rings is 1. The number of hydrogen-bond acceptors (Lipinski definition) is 6. The van der Waals surface area contributed by atoms with Crippen LogP contribution in [0.2, 0.25) is 0 Å². The van der Waals surface area contributed by atoms with Crippen LogP contribution in [0.3, 0.4) is 0 Å². The number of aromatic nitrogens is 2. The van der Waals surface area contributed by atoms with Crippen LogP contribution in [0.25, 0.3) is 10.9 Å². The zero-order valence-corrected chi connectivity index (χ0v) is 18.1. The molecule has 28 heavy (non-hydrogen) atoms. The maximum absolute atomic E-state index is 5.91. The Morgan fingerprint density at radius 2 is 2.04 bits per heavy atom. The Labute approximate surface area is 182 Å². The third kappa shape index (κ3) is 5.33. The van der Waals surface area contributed by atoms with Gasteiger partial charge in [0.2, 0.25) is 0 Å². The van der Waals surface area contributed by atoms with E-state index >= 15 is 0 Å². The van der Waals surface area contributed by atoms with Crippen LogP contribution in [0.5, 0.6) is 0 Å². The fourth-order valence-electron chi connectivity index (χ4n) is 3.45. The highest BCUT2D eigenvalue weighted by Gasteiger charge is 2.22. The number of nitrogens with zero attached hydrogens (tertiary/aromatic N) is 3. The van der Waals surface area contributed by atoms with Crippen LogP contribution in [0.1, 0.15) is 24.2 Å². The molecule has 1 aromatic carbocycles. The highest BCUT2D eigenvalue weighted by atomic mass is 35.5. The predicted molar refractivity (Wildman–Crippen MR) is 121 cm³/mol. The van der Waals surface area contributed by atoms with Crippen molar-refractivity contribution in [2.75, 3.05) is 24.6 Å². The maximum atomic E-state index is 5.91. The van der Waals surface area contributed by atoms with Crippen LogP contribution in [0.4, 0.5) is 5.82 Å². The molecule has 3 aromatic rings. The van der Waals surface area contributed by atoms with Crippen molar-refractivity contribution in [2.24, 2.45) is 5.73 Å². The first-order chi connectivity index (χ1) is 12.8. The van der Waals surface area contributed by atoms with Crippen molar-refractivity contribution in [3.63, 3.8) is 0 Å². The molecule has 8 heteroatoms. The van der Waals surface area contributed by atoms with Gasteiger partial charge in [-0.05, 0) is 53.9 Å². The van der Waals surface area contributed by atoms with Crippen molar-refractivity contribution in [1.82, 2.24) is 9.97 Å². The molecule has 0 amide bonds. The first kappa shape index (κ1) is 22.8. The van der Waals surface area contributed by atoms with Crippen LogP contribution in [-0.2, 0) is 17.7 Å². The van der Waals surface area contributed by atoms with Crippen LogP contribution in [-0.4, -0.2) is 35.8 Å². The van der Waals surface area contributed by atoms with Gasteiger partial charge in [-0.25, -0.2) is 9.97 Å². The topological polar surface area (TPSA) is 64.3 Å². The smallest absolute Gasteiger partial charge is 0.140 e. The maximum Gasteiger partial charge on any atom is 0.140 e. The SMILES string of the molecule is Cl.Cl.NCCc1nc(N(Cc2ccsc2)CC2CCCO2)c2ccccc2n1. The van der Waals surface area contributed by atoms with Gasteiger partial charge in [-0.1, -0.05) is 12.1 Å². The largest absolute Gasteiger partial charge is 0.376 e. The number of anilines is 1. The van der Waals surface area contributed by atoms with Gasteiger partial charge in [0.1, 0.15) is 11.6 Å². The molecule has 152 valence electrons. The summed E-state index contributed by atoms with van der Waals surface area (Å²) in [4.78, 5) is 11.9. The van der Waals surface area contributed by atoms with Crippen molar-refractivity contribution in [3.8, 4) is 0 Å². The lowest BCUT2D eigenvalue weighted by Gasteiger charge is -2.27. The molecule has 0 radical (unpaired) electrons. The molecule has 5 nitrogen and oxygen atoms in total. The summed E-state index contributed by atoms with van der Waals surface area (Å²) in [5.74, 6) is 1.80. The van der Waals surface area contributed by atoms with Crippen molar-refractivity contribution in [1.29, 1.82) is 0 Å². The summed E-state index contributed by atoms with van der Waals surface area (Å²) < 4.78 is 5.91. The summed E-state index contributed by atoms with van der Waals surface area (Å²) in [6.07, 6.45) is 3.20. The molecule has 1 atom stereocenters. The summed E-state index contributed by atoms with van der Waals surface area (Å²) in [6.45, 7) is 3.08. The van der Waals surface area contributed by atoms with Gasteiger partial charge in [-0.2, -0.15) is 11.3 Å². The zero-order chi connectivity index (χ0) is 17.8. The highest BCUT2D eigenvalue weighted by Crippen LogP contribution is 2.27. The number of halogens is 2. The number of benzene rings is 1. The van der Waals surface area contributed by atoms with E-state index in [4.69, 9.17) is 15.5 Å². The van der Waals surface area contributed by atoms with Gasteiger partial charge in [0.15, 0.2) is 0 Å². The summed E-state index contributed by atoms with van der Waals surface area (Å²) in [5.41, 5.74) is 8.04. The Bertz CT molecular complexity index is 857. The molecule has 1 aliphatic heterocycles. The monoisotopic (exact) mass is 440 g/mol. The van der Waals surface area contributed by atoms with E-state index in [1.165, 1.54) is 5.56 Å². The van der Waals surface area contributed by atoms with Crippen LogP contribution >= 0.6 is 36.2 Å². The number of ether oxygens (including phenoxy) is 1. The second kappa shape index (κ2) is 10.9. The van der Waals surface area contributed by atoms with E-state index < -0.39 is 0 Å². The molecular formula is C20H26Cl2N4OS. The Hall–Kier alpha value is -1.44. The van der Waals surface area contributed by atoms with Gasteiger partial charge < -0.3 is 15.4 Å². The molecule has 0 aliphatic carbocycles. The molecule has 4 rings (SSSR count). The number of fused-ring (bicyclic) bond motifs is 1. The number of nitrogens with two attached hydrogens (primary N) is 1. The Morgan fingerprint density at radius 1 is 1.18 bits per heavy atom. The lowest BCUT2D eigenvalue weighted by atomic mass is 10.1. The van der Waals surface area contributed by atoms with Crippen molar-refractivity contribution < 1.29 is 4.74 Å². The van der Waals surface area contributed by atoms with Crippen molar-refractivity contribution >= 4 is 52.9 Å². The third-order valence-corrected chi connectivity index (χ3v) is 5.43. The van der Waals surface area contributed by atoms with E-state index in [-0.39, 0.29) is 30.9 Å². The van der Waals surface area contributed by atoms with E-state index in [1.807, 2.05) is 12.1 Å². The summed E-state index contributed by atoms with van der Waals surface area (Å²) in [5, 5.41) is 5.41. The zero-order valence-electron chi connectivity index (χ0n) is 15.6. The van der Waals surface area contributed by atoms with Crippen LogP contribution in [0.15, 0.2) is 41.1 Å². The number of rotatable bonds is 7. The van der Waals surface area contributed by atoms with E-state index in [9.17, 15) is 0 Å². The fraction of sp³-hybridized carbons (Fsp3) is 0.400. The molecule has 1 saturated heterocycles. The fourth-order valence-corrected chi connectivity index (χ4v) is 4.11. The quantitative estimate of drug-likeness (QED) is 0.595. The number of hydrogen-bond donors (Lipinski definition) is 1. The normalized spacial score (nSPS) is 15.8. The van der Waals surface area contributed by atoms with Crippen LogP contribution < -0.4 is 10.6 Å². The van der Waals surface area contributed by atoms with Gasteiger partial charge in [0, 0.05) is 31.5 Å². The van der Waals surface area contributed by atoms with Crippen molar-refractivity contribution in [3.05, 3.63) is 52.5 Å². The van der Waals surface area contributed by atoms with Gasteiger partial charge in [-0.3, -0.25) is 0 Å². The Balaban J connectivity index is 0.00000140. The summed E-state index contributed by atoms with van der Waals surface area (Å²) in [7, 11) is 0. The Morgan fingerprint density at radius 3 is 2.75 bits per heavy atom. The summed E-state index contributed by atoms with van der Waals surface area (Å²) in [6, 6.07) is 10.4. The van der Waals surface area contributed by atoms with E-state index in [1.54, 1.807) is 11.3 Å². The van der Waals surface area contributed by atoms with E-state index in [2.05, 4.69) is 38.8 Å². The summed E-state index contributed by atoms with van der Waals surface area (Å²) >= 11 is 1.73. The second-order valence-electron chi connectivity index (χ2n) is 6.67. The molecule has 0 saturated carbocycles. The highest BCUT2D eigenvalue weighted by molar-refractivity contribution is 7.07. The lowest BCUT2D eigenvalue weighted by molar-refractivity contribution is 0.115. The van der Waals surface area contributed by atoms with Gasteiger partial charge in [0.05, 0.1) is 11.6 Å². The standard InChI is InChI=1S/C20H24N4OS.2ClH/c21-9-7-19-22-18-6-2-1-5-17(18)20(23-19)24(12-15-8-11-26-14-15)13-16-4-3-10-25-16;;/h1-2,5-6,8,11,14,16H,3-4,7,9-10,12-13,21H2;2*1H. The van der Waals surface area contributed by atoms with Gasteiger partial charge >= 0.3 is 0 Å². The molecule has 0 bridgehead atoms. The molecule has 1 aliphatic rings. The second-order valence-corrected chi connectivity index (χ2v) is 7.45. The first-order valence-electron chi connectivity index (χ1n) is 9.17. The average molecular weight is 441 g/mol. The van der Waals surface area contributed by atoms with E-state index in [0.29, 0.717) is 13.0 Å². The molecular weight excluding hydrogens is 415 g/mol. The predicted octanol–water partition coefficient (Wildman–Crippen LogP) is 4.22. The first-order valence-corrected chi connectivity index (χ1v) is 10.1. The minimum Gasteiger partial charge on any atom is -0.376 e. The minimum atomic E-state index is 0. The molecule has 2 aromatic heterocycles. The third-order valence-electron chi connectivity index (χ3n) is 4.70. The minimum absolute atomic E-state index is 0. The lowest BCUT2D eigenvalue weighted by Crippen LogP contribution is -2.33. The molecule has 1 fully saturated rings. The van der Waals surface area contributed by atoms with Crippen molar-refractivity contribution in [2.45, 2.75) is 31.9 Å². The molecule has 2 N–H and O–H groups in total. The van der Waals surface area contributed by atoms with Gasteiger partial charge in [-0.15, -0.1) is 24.8 Å². The van der Waals surface area contributed by atoms with E-state index in [0.717, 1.165) is 55.1 Å².